The van der Waals surface area contributed by atoms with Crippen LogP contribution in [0, 0.1) is 6.92 Å². The topological polar surface area (TPSA) is 12.0 Å². The van der Waals surface area contributed by atoms with E-state index >= 15 is 0 Å². The van der Waals surface area contributed by atoms with E-state index in [1.807, 2.05) is 0 Å². The fourth-order valence-electron chi connectivity index (χ4n) is 3.11. The van der Waals surface area contributed by atoms with E-state index in [0.29, 0.717) is 12.0 Å². The SMILES string of the molecule is CN[C@@H]1C[C@@H](c2cccc(C)c2)c2ccccc21. The normalized spacial score (nSPS) is 21.9. The van der Waals surface area contributed by atoms with E-state index in [1.165, 1.54) is 28.7 Å². The summed E-state index contributed by atoms with van der Waals surface area (Å²) in [5, 5.41) is 3.43. The first kappa shape index (κ1) is 11.5. The molecule has 0 saturated carbocycles. The molecule has 0 heterocycles. The minimum Gasteiger partial charge on any atom is -0.313 e. The van der Waals surface area contributed by atoms with E-state index in [2.05, 4.69) is 67.8 Å². The molecule has 0 aliphatic heterocycles. The lowest BCUT2D eigenvalue weighted by molar-refractivity contribution is 0.564. The van der Waals surface area contributed by atoms with Crippen molar-refractivity contribution in [2.75, 3.05) is 7.05 Å². The van der Waals surface area contributed by atoms with Gasteiger partial charge in [0.2, 0.25) is 0 Å². The summed E-state index contributed by atoms with van der Waals surface area (Å²) in [6.07, 6.45) is 1.17. The molecule has 0 unspecified atom stereocenters. The van der Waals surface area contributed by atoms with E-state index in [1.54, 1.807) is 0 Å². The van der Waals surface area contributed by atoms with Crippen molar-refractivity contribution >= 4 is 0 Å². The van der Waals surface area contributed by atoms with Crippen molar-refractivity contribution in [3.05, 3.63) is 70.8 Å². The fourth-order valence-corrected chi connectivity index (χ4v) is 3.11. The van der Waals surface area contributed by atoms with Crippen LogP contribution in [-0.2, 0) is 0 Å². The molecule has 0 saturated heterocycles. The number of hydrogen-bond acceptors (Lipinski definition) is 1. The van der Waals surface area contributed by atoms with Gasteiger partial charge in [-0.3, -0.25) is 0 Å². The maximum Gasteiger partial charge on any atom is 0.0329 e. The largest absolute Gasteiger partial charge is 0.313 e. The number of rotatable bonds is 2. The summed E-state index contributed by atoms with van der Waals surface area (Å²) in [4.78, 5) is 0. The quantitative estimate of drug-likeness (QED) is 0.838. The van der Waals surface area contributed by atoms with Gasteiger partial charge in [-0.1, -0.05) is 54.1 Å². The molecule has 1 nitrogen and oxygen atoms in total. The Morgan fingerprint density at radius 1 is 1.00 bits per heavy atom. The van der Waals surface area contributed by atoms with E-state index in [4.69, 9.17) is 0 Å². The van der Waals surface area contributed by atoms with E-state index < -0.39 is 0 Å². The first-order valence-electron chi connectivity index (χ1n) is 6.62. The van der Waals surface area contributed by atoms with Crippen molar-refractivity contribution in [2.24, 2.45) is 0 Å². The Hall–Kier alpha value is -1.60. The minimum absolute atomic E-state index is 0.492. The first-order valence-corrected chi connectivity index (χ1v) is 6.62. The third-order valence-electron chi connectivity index (χ3n) is 4.01. The zero-order valence-corrected chi connectivity index (χ0v) is 11.0. The molecule has 2 atom stereocenters. The predicted octanol–water partition coefficient (Wildman–Crippen LogP) is 3.79. The van der Waals surface area contributed by atoms with Gasteiger partial charge in [0.15, 0.2) is 0 Å². The Bertz CT molecular complexity index is 559. The highest BCUT2D eigenvalue weighted by Gasteiger charge is 2.30. The average Bonchev–Trinajstić information content (AvgIpc) is 2.77. The van der Waals surface area contributed by atoms with Crippen LogP contribution in [0.1, 0.15) is 40.6 Å². The van der Waals surface area contributed by atoms with E-state index in [0.717, 1.165) is 0 Å². The second kappa shape index (κ2) is 4.58. The van der Waals surface area contributed by atoms with E-state index in [9.17, 15) is 0 Å². The molecule has 3 rings (SSSR count). The zero-order valence-electron chi connectivity index (χ0n) is 11.0. The summed E-state index contributed by atoms with van der Waals surface area (Å²) in [5.74, 6) is 0.540. The van der Waals surface area contributed by atoms with Crippen molar-refractivity contribution < 1.29 is 0 Å². The van der Waals surface area contributed by atoms with Gasteiger partial charge in [0.1, 0.15) is 0 Å². The van der Waals surface area contributed by atoms with Gasteiger partial charge < -0.3 is 5.32 Å². The summed E-state index contributed by atoms with van der Waals surface area (Å²) in [6.45, 7) is 2.17. The second-order valence-electron chi connectivity index (χ2n) is 5.17. The third-order valence-corrected chi connectivity index (χ3v) is 4.01. The summed E-state index contributed by atoms with van der Waals surface area (Å²) in [7, 11) is 2.06. The molecule has 0 bridgehead atoms. The summed E-state index contributed by atoms with van der Waals surface area (Å²) < 4.78 is 0. The van der Waals surface area contributed by atoms with Crippen LogP contribution < -0.4 is 5.32 Å². The smallest absolute Gasteiger partial charge is 0.0329 e. The molecule has 1 aliphatic carbocycles. The Balaban J connectivity index is 2.05. The van der Waals surface area contributed by atoms with Crippen molar-refractivity contribution in [3.8, 4) is 0 Å². The van der Waals surface area contributed by atoms with Crippen molar-refractivity contribution in [1.82, 2.24) is 5.32 Å². The van der Waals surface area contributed by atoms with Crippen LogP contribution in [0.3, 0.4) is 0 Å². The summed E-state index contributed by atoms with van der Waals surface area (Å²) >= 11 is 0. The molecule has 0 amide bonds. The molecule has 92 valence electrons. The second-order valence-corrected chi connectivity index (χ2v) is 5.17. The van der Waals surface area contributed by atoms with Gasteiger partial charge in [0, 0.05) is 12.0 Å². The van der Waals surface area contributed by atoms with Gasteiger partial charge in [0.05, 0.1) is 0 Å². The van der Waals surface area contributed by atoms with Crippen molar-refractivity contribution in [3.63, 3.8) is 0 Å². The molecule has 0 spiro atoms. The first-order chi connectivity index (χ1) is 8.79. The molecule has 18 heavy (non-hydrogen) atoms. The van der Waals surface area contributed by atoms with Crippen LogP contribution in [0.5, 0.6) is 0 Å². The number of aryl methyl sites for hydroxylation is 1. The number of hydrogen-bond donors (Lipinski definition) is 1. The summed E-state index contributed by atoms with van der Waals surface area (Å²) in [6, 6.07) is 18.2. The molecular weight excluding hydrogens is 218 g/mol. The van der Waals surface area contributed by atoms with Crippen LogP contribution >= 0.6 is 0 Å². The molecule has 0 radical (unpaired) electrons. The molecule has 1 heteroatoms. The Labute approximate surface area is 109 Å². The van der Waals surface area contributed by atoms with Crippen molar-refractivity contribution in [1.29, 1.82) is 0 Å². The van der Waals surface area contributed by atoms with Crippen LogP contribution in [0.2, 0.25) is 0 Å². The summed E-state index contributed by atoms with van der Waals surface area (Å²) in [5.41, 5.74) is 5.74. The highest BCUT2D eigenvalue weighted by atomic mass is 14.9. The van der Waals surface area contributed by atoms with Crippen LogP contribution in [0.25, 0.3) is 0 Å². The van der Waals surface area contributed by atoms with Crippen LogP contribution in [0.4, 0.5) is 0 Å². The molecule has 1 N–H and O–H groups in total. The highest BCUT2D eigenvalue weighted by Crippen LogP contribution is 2.43. The maximum absolute atomic E-state index is 3.43. The molecular formula is C17H19N. The Morgan fingerprint density at radius 3 is 2.50 bits per heavy atom. The van der Waals surface area contributed by atoms with Crippen molar-refractivity contribution in [2.45, 2.75) is 25.3 Å². The number of fused-ring (bicyclic) bond motifs is 1. The zero-order chi connectivity index (χ0) is 12.5. The monoisotopic (exact) mass is 237 g/mol. The van der Waals surface area contributed by atoms with Gasteiger partial charge in [-0.15, -0.1) is 0 Å². The van der Waals surface area contributed by atoms with Gasteiger partial charge >= 0.3 is 0 Å². The molecule has 2 aromatic carbocycles. The lowest BCUT2D eigenvalue weighted by atomic mass is 9.92. The van der Waals surface area contributed by atoms with Gasteiger partial charge in [-0.05, 0) is 37.1 Å². The third kappa shape index (κ3) is 1.85. The molecule has 2 aromatic rings. The lowest BCUT2D eigenvalue weighted by Crippen LogP contribution is -2.13. The number of nitrogens with one attached hydrogen (secondary N) is 1. The minimum atomic E-state index is 0.492. The standard InChI is InChI=1S/C17H19N/c1-12-6-5-7-13(10-12)16-11-17(18-2)15-9-4-3-8-14(15)16/h3-10,16-18H,11H2,1-2H3/t16-,17+/m0/s1. The average molecular weight is 237 g/mol. The highest BCUT2D eigenvalue weighted by molar-refractivity contribution is 5.45. The number of benzene rings is 2. The van der Waals surface area contributed by atoms with Gasteiger partial charge in [-0.25, -0.2) is 0 Å². The van der Waals surface area contributed by atoms with Crippen LogP contribution in [-0.4, -0.2) is 7.05 Å². The Kier molecular flexibility index (Phi) is 2.92. The molecule has 0 aromatic heterocycles. The van der Waals surface area contributed by atoms with E-state index in [-0.39, 0.29) is 0 Å². The van der Waals surface area contributed by atoms with Gasteiger partial charge in [-0.2, -0.15) is 0 Å². The maximum atomic E-state index is 3.43. The van der Waals surface area contributed by atoms with Gasteiger partial charge in [0.25, 0.3) is 0 Å². The lowest BCUT2D eigenvalue weighted by Gasteiger charge is -2.13. The van der Waals surface area contributed by atoms with Crippen LogP contribution in [0.15, 0.2) is 48.5 Å². The molecule has 0 fully saturated rings. The Morgan fingerprint density at radius 2 is 1.78 bits per heavy atom. The molecule has 1 aliphatic rings. The fraction of sp³-hybridized carbons (Fsp3) is 0.294. The predicted molar refractivity (Wildman–Crippen MR) is 75.9 cm³/mol.